The number of benzene rings is 2. The Kier molecular flexibility index (Phi) is 5.15. The fourth-order valence-electron chi connectivity index (χ4n) is 2.82. The third kappa shape index (κ3) is 4.33. The van der Waals surface area contributed by atoms with Crippen molar-refractivity contribution in [1.29, 1.82) is 0 Å². The van der Waals surface area contributed by atoms with E-state index in [1.165, 1.54) is 6.07 Å². The molecule has 1 amide bonds. The van der Waals surface area contributed by atoms with Gasteiger partial charge in [-0.2, -0.15) is 0 Å². The van der Waals surface area contributed by atoms with Crippen LogP contribution in [0.25, 0.3) is 0 Å². The van der Waals surface area contributed by atoms with Gasteiger partial charge in [-0.3, -0.25) is 4.79 Å². The number of fused-ring (bicyclic) bond motifs is 1. The molecular weight excluding hydrogens is 356 g/mol. The van der Waals surface area contributed by atoms with Crippen LogP contribution in [0, 0.1) is 0 Å². The zero-order chi connectivity index (χ0) is 18.7. The number of rotatable bonds is 6. The van der Waals surface area contributed by atoms with Crippen molar-refractivity contribution in [3.63, 3.8) is 0 Å². The zero-order valence-corrected chi connectivity index (χ0v) is 15.4. The normalized spacial score (nSPS) is 14.1. The summed E-state index contributed by atoms with van der Waals surface area (Å²) in [7, 11) is -1.51. The number of para-hydroxylation sites is 1. The summed E-state index contributed by atoms with van der Waals surface area (Å²) in [5.41, 5.74) is 1.33. The van der Waals surface area contributed by atoms with Crippen molar-refractivity contribution in [3.8, 4) is 11.5 Å². The molecule has 0 spiro atoms. The van der Waals surface area contributed by atoms with Crippen molar-refractivity contribution in [2.45, 2.75) is 11.4 Å². The number of likely N-dealkylation sites (N-methyl/N-ethyl adjacent to an activating group) is 1. The maximum Gasteiger partial charge on any atom is 0.279 e. The molecule has 0 aliphatic carbocycles. The topological polar surface area (TPSA) is 86.1 Å². The molecule has 26 heavy (non-hydrogen) atoms. The SMILES string of the molecule is C[NH+](CC(=O)Nc1ccccc1S(C)(=O)=O)Cc1ccc2c(c1)OCO2. The summed E-state index contributed by atoms with van der Waals surface area (Å²) < 4.78 is 34.3. The van der Waals surface area contributed by atoms with Gasteiger partial charge in [-0.1, -0.05) is 12.1 Å². The first-order chi connectivity index (χ1) is 12.3. The number of carbonyl (C=O) groups excluding carboxylic acids is 1. The van der Waals surface area contributed by atoms with Gasteiger partial charge in [-0.15, -0.1) is 0 Å². The van der Waals surface area contributed by atoms with Gasteiger partial charge in [0.25, 0.3) is 5.91 Å². The summed E-state index contributed by atoms with van der Waals surface area (Å²) in [6, 6.07) is 12.1. The van der Waals surface area contributed by atoms with Gasteiger partial charge >= 0.3 is 0 Å². The predicted octanol–water partition coefficient (Wildman–Crippen LogP) is 0.472. The molecule has 2 aromatic carbocycles. The van der Waals surface area contributed by atoms with Crippen molar-refractivity contribution in [2.75, 3.05) is 32.0 Å². The van der Waals surface area contributed by atoms with Crippen molar-refractivity contribution in [2.24, 2.45) is 0 Å². The molecule has 0 aromatic heterocycles. The van der Waals surface area contributed by atoms with E-state index in [-0.39, 0.29) is 24.1 Å². The minimum atomic E-state index is -3.41. The van der Waals surface area contributed by atoms with Crippen LogP contribution in [-0.4, -0.2) is 41.0 Å². The van der Waals surface area contributed by atoms with Crippen LogP contribution in [0.2, 0.25) is 0 Å². The summed E-state index contributed by atoms with van der Waals surface area (Å²) in [5.74, 6) is 1.18. The number of hydrogen-bond acceptors (Lipinski definition) is 5. The van der Waals surface area contributed by atoms with E-state index >= 15 is 0 Å². The highest BCUT2D eigenvalue weighted by Gasteiger charge is 2.18. The van der Waals surface area contributed by atoms with E-state index in [9.17, 15) is 13.2 Å². The lowest BCUT2D eigenvalue weighted by Crippen LogP contribution is -3.08. The largest absolute Gasteiger partial charge is 0.454 e. The van der Waals surface area contributed by atoms with Crippen LogP contribution in [0.3, 0.4) is 0 Å². The van der Waals surface area contributed by atoms with Crippen LogP contribution in [0.1, 0.15) is 5.56 Å². The van der Waals surface area contributed by atoms with E-state index in [4.69, 9.17) is 9.47 Å². The summed E-state index contributed by atoms with van der Waals surface area (Å²) in [5, 5.41) is 2.69. The third-order valence-corrected chi connectivity index (χ3v) is 5.12. The van der Waals surface area contributed by atoms with Crippen molar-refractivity contribution in [3.05, 3.63) is 48.0 Å². The number of anilines is 1. The van der Waals surface area contributed by atoms with Gasteiger partial charge in [0, 0.05) is 11.8 Å². The number of ether oxygens (including phenoxy) is 2. The standard InChI is InChI=1S/C18H20N2O5S/c1-20(10-13-7-8-15-16(9-13)25-12-24-15)11-18(21)19-14-5-3-4-6-17(14)26(2,22)23/h3-9H,10-12H2,1-2H3,(H,19,21)/p+1. The molecule has 7 nitrogen and oxygen atoms in total. The van der Waals surface area contributed by atoms with Gasteiger partial charge in [-0.25, -0.2) is 8.42 Å². The van der Waals surface area contributed by atoms with Gasteiger partial charge in [-0.05, 0) is 30.3 Å². The summed E-state index contributed by atoms with van der Waals surface area (Å²) in [4.78, 5) is 13.4. The highest BCUT2D eigenvalue weighted by Crippen LogP contribution is 2.32. The first-order valence-electron chi connectivity index (χ1n) is 8.12. The fourth-order valence-corrected chi connectivity index (χ4v) is 3.67. The van der Waals surface area contributed by atoms with Gasteiger partial charge in [0.2, 0.25) is 6.79 Å². The second kappa shape index (κ2) is 7.35. The minimum Gasteiger partial charge on any atom is -0.454 e. The highest BCUT2D eigenvalue weighted by molar-refractivity contribution is 7.90. The van der Waals surface area contributed by atoms with E-state index in [0.29, 0.717) is 18.0 Å². The fraction of sp³-hybridized carbons (Fsp3) is 0.278. The zero-order valence-electron chi connectivity index (χ0n) is 14.6. The van der Waals surface area contributed by atoms with Crippen LogP contribution in [0.15, 0.2) is 47.4 Å². The van der Waals surface area contributed by atoms with Gasteiger partial charge in [0.05, 0.1) is 17.6 Å². The van der Waals surface area contributed by atoms with E-state index in [1.54, 1.807) is 18.2 Å². The number of sulfone groups is 1. The molecule has 1 unspecified atom stereocenters. The molecule has 0 saturated carbocycles. The lowest BCUT2D eigenvalue weighted by Gasteiger charge is -2.15. The molecule has 138 valence electrons. The van der Waals surface area contributed by atoms with E-state index in [0.717, 1.165) is 22.5 Å². The molecule has 1 heterocycles. The van der Waals surface area contributed by atoms with Crippen molar-refractivity contribution >= 4 is 21.4 Å². The third-order valence-electron chi connectivity index (χ3n) is 3.97. The average Bonchev–Trinajstić information content (AvgIpc) is 3.01. The Morgan fingerprint density at radius 3 is 2.65 bits per heavy atom. The molecule has 0 radical (unpaired) electrons. The Hall–Kier alpha value is -2.58. The quantitative estimate of drug-likeness (QED) is 0.765. The second-order valence-corrected chi connectivity index (χ2v) is 8.30. The highest BCUT2D eigenvalue weighted by atomic mass is 32.2. The molecular formula is C18H21N2O5S+. The van der Waals surface area contributed by atoms with Crippen LogP contribution < -0.4 is 19.7 Å². The van der Waals surface area contributed by atoms with E-state index in [2.05, 4.69) is 5.32 Å². The van der Waals surface area contributed by atoms with Gasteiger partial charge in [0.15, 0.2) is 27.9 Å². The predicted molar refractivity (Wildman–Crippen MR) is 96.2 cm³/mol. The second-order valence-electron chi connectivity index (χ2n) is 6.31. The van der Waals surface area contributed by atoms with E-state index in [1.807, 2.05) is 25.2 Å². The van der Waals surface area contributed by atoms with Gasteiger partial charge < -0.3 is 19.7 Å². The molecule has 0 saturated heterocycles. The number of amides is 1. The smallest absolute Gasteiger partial charge is 0.279 e. The molecule has 1 atom stereocenters. The molecule has 2 N–H and O–H groups in total. The molecule has 1 aliphatic rings. The molecule has 2 aromatic rings. The minimum absolute atomic E-state index is 0.113. The summed E-state index contributed by atoms with van der Waals surface area (Å²) in [6.07, 6.45) is 1.12. The first kappa shape index (κ1) is 18.2. The molecule has 0 bridgehead atoms. The Morgan fingerprint density at radius 1 is 1.15 bits per heavy atom. The first-order valence-corrected chi connectivity index (χ1v) is 10.0. The summed E-state index contributed by atoms with van der Waals surface area (Å²) in [6.45, 7) is 1.05. The molecule has 0 fully saturated rings. The Morgan fingerprint density at radius 2 is 1.88 bits per heavy atom. The number of hydrogen-bond donors (Lipinski definition) is 2. The maximum atomic E-state index is 12.3. The van der Waals surface area contributed by atoms with Gasteiger partial charge in [0.1, 0.15) is 6.54 Å². The molecule has 3 rings (SSSR count). The molecule has 8 heteroatoms. The van der Waals surface area contributed by atoms with E-state index < -0.39 is 9.84 Å². The van der Waals surface area contributed by atoms with Crippen LogP contribution >= 0.6 is 0 Å². The Labute approximate surface area is 152 Å². The Balaban J connectivity index is 1.62. The van der Waals surface area contributed by atoms with Crippen LogP contribution in [0.5, 0.6) is 11.5 Å². The van der Waals surface area contributed by atoms with Crippen molar-refractivity contribution in [1.82, 2.24) is 0 Å². The summed E-state index contributed by atoms with van der Waals surface area (Å²) >= 11 is 0. The number of quaternary nitrogens is 1. The van der Waals surface area contributed by atoms with Crippen LogP contribution in [0.4, 0.5) is 5.69 Å². The lowest BCUT2D eigenvalue weighted by molar-refractivity contribution is -0.885. The maximum absolute atomic E-state index is 12.3. The number of nitrogens with one attached hydrogen (secondary N) is 2. The van der Waals surface area contributed by atoms with Crippen molar-refractivity contribution < 1.29 is 27.6 Å². The average molecular weight is 377 g/mol. The lowest BCUT2D eigenvalue weighted by atomic mass is 10.2. The van der Waals surface area contributed by atoms with Crippen LogP contribution in [-0.2, 0) is 21.2 Å². The molecule has 1 aliphatic heterocycles. The Bertz CT molecular complexity index is 927. The monoisotopic (exact) mass is 377 g/mol. The number of carbonyl (C=O) groups is 1.